The number of anilines is 2. The number of amides is 1. The summed E-state index contributed by atoms with van der Waals surface area (Å²) in [5.41, 5.74) is 1.03. The molecule has 3 heterocycles. The largest absolute Gasteiger partial charge is 0.419 e. The predicted octanol–water partition coefficient (Wildman–Crippen LogP) is 6.19. The molecule has 1 amide bonds. The van der Waals surface area contributed by atoms with Crippen molar-refractivity contribution in [1.29, 1.82) is 0 Å². The summed E-state index contributed by atoms with van der Waals surface area (Å²) in [7, 11) is 0. The van der Waals surface area contributed by atoms with Gasteiger partial charge < -0.3 is 15.1 Å². The van der Waals surface area contributed by atoms with Gasteiger partial charge in [-0.25, -0.2) is 4.98 Å². The Morgan fingerprint density at radius 1 is 0.829 bits per heavy atom. The van der Waals surface area contributed by atoms with Crippen molar-refractivity contribution < 1.29 is 31.1 Å². The Balaban J connectivity index is 1.20. The van der Waals surface area contributed by atoms with E-state index in [9.17, 15) is 31.1 Å². The summed E-state index contributed by atoms with van der Waals surface area (Å²) >= 11 is 0. The summed E-state index contributed by atoms with van der Waals surface area (Å²) in [6.07, 6.45) is -7.26. The van der Waals surface area contributed by atoms with Crippen LogP contribution in [0.25, 0.3) is 5.65 Å². The lowest BCUT2D eigenvalue weighted by molar-refractivity contribution is -0.138. The normalized spacial score (nSPS) is 14.5. The maximum absolute atomic E-state index is 13.5. The Bertz CT molecular complexity index is 1520. The monoisotopic (exact) mass is 575 g/mol. The molecule has 2 aromatic heterocycles. The van der Waals surface area contributed by atoms with E-state index in [0.29, 0.717) is 32.6 Å². The first-order valence-electron chi connectivity index (χ1n) is 13.1. The highest BCUT2D eigenvalue weighted by atomic mass is 19.4. The highest BCUT2D eigenvalue weighted by Crippen LogP contribution is 2.33. The fourth-order valence-electron chi connectivity index (χ4n) is 5.00. The van der Waals surface area contributed by atoms with Crippen molar-refractivity contribution in [2.24, 2.45) is 0 Å². The zero-order valence-electron chi connectivity index (χ0n) is 22.1. The van der Waals surface area contributed by atoms with Crippen molar-refractivity contribution in [3.8, 4) is 0 Å². The molecular formula is C29H27F6N5O. The summed E-state index contributed by atoms with van der Waals surface area (Å²) in [5, 5.41) is 2.79. The van der Waals surface area contributed by atoms with E-state index < -0.39 is 29.4 Å². The molecule has 0 unspecified atom stereocenters. The van der Waals surface area contributed by atoms with Gasteiger partial charge in [0.05, 0.1) is 16.8 Å². The second-order valence-electron chi connectivity index (χ2n) is 9.74. The molecule has 4 aromatic rings. The second kappa shape index (κ2) is 11.0. The summed E-state index contributed by atoms with van der Waals surface area (Å²) in [5.74, 6) is -0.517. The molecule has 0 spiro atoms. The second-order valence-corrected chi connectivity index (χ2v) is 9.74. The number of hydrogen-bond acceptors (Lipinski definition) is 4. The molecule has 1 aliphatic heterocycles. The number of nitrogens with one attached hydrogen (secondary N) is 1. The SMILES string of the molecule is CCc1nc2c(C(F)(F)F)cccn2c1C(=O)NCc1ccc(N2CCN(c3ccc(C(F)(F)F)cc3)CC2)cc1. The summed E-state index contributed by atoms with van der Waals surface area (Å²) in [6.45, 7) is 4.58. The zero-order valence-corrected chi connectivity index (χ0v) is 22.1. The number of rotatable bonds is 6. The number of hydrogen-bond donors (Lipinski definition) is 1. The molecule has 6 nitrogen and oxygen atoms in total. The van der Waals surface area contributed by atoms with Crippen LogP contribution >= 0.6 is 0 Å². The Morgan fingerprint density at radius 2 is 1.39 bits per heavy atom. The lowest BCUT2D eigenvalue weighted by atomic mass is 10.1. The molecule has 1 aliphatic rings. The van der Waals surface area contributed by atoms with Crippen LogP contribution < -0.4 is 15.1 Å². The molecule has 0 bridgehead atoms. The van der Waals surface area contributed by atoms with Gasteiger partial charge in [0.15, 0.2) is 0 Å². The Morgan fingerprint density at radius 3 is 1.90 bits per heavy atom. The number of imidazole rings is 1. The summed E-state index contributed by atoms with van der Waals surface area (Å²) < 4.78 is 80.1. The Hall–Kier alpha value is -4.22. The van der Waals surface area contributed by atoms with Gasteiger partial charge in [-0.3, -0.25) is 9.20 Å². The number of benzene rings is 2. The van der Waals surface area contributed by atoms with Crippen molar-refractivity contribution in [2.45, 2.75) is 32.2 Å². The van der Waals surface area contributed by atoms with Crippen LogP contribution in [-0.4, -0.2) is 41.5 Å². The van der Waals surface area contributed by atoms with Crippen LogP contribution in [0.5, 0.6) is 0 Å². The number of alkyl halides is 6. The quantitative estimate of drug-likeness (QED) is 0.279. The molecule has 1 N–H and O–H groups in total. The Kier molecular flexibility index (Phi) is 7.58. The predicted molar refractivity (Wildman–Crippen MR) is 143 cm³/mol. The Labute approximate surface area is 232 Å². The minimum absolute atomic E-state index is 0.0798. The molecule has 5 rings (SSSR count). The van der Waals surface area contributed by atoms with Gasteiger partial charge in [-0.2, -0.15) is 26.3 Å². The highest BCUT2D eigenvalue weighted by molar-refractivity contribution is 5.95. The van der Waals surface area contributed by atoms with Crippen LogP contribution in [0, 0.1) is 0 Å². The number of carbonyl (C=O) groups is 1. The van der Waals surface area contributed by atoms with Crippen LogP contribution in [0.2, 0.25) is 0 Å². The van der Waals surface area contributed by atoms with Crippen LogP contribution in [0.15, 0.2) is 66.9 Å². The number of halogens is 6. The first kappa shape index (κ1) is 28.3. The smallest absolute Gasteiger partial charge is 0.368 e. The number of fused-ring (bicyclic) bond motifs is 1. The average molecular weight is 576 g/mol. The van der Waals surface area contributed by atoms with Gasteiger partial charge in [0, 0.05) is 50.3 Å². The van der Waals surface area contributed by atoms with Crippen LogP contribution in [0.3, 0.4) is 0 Å². The lowest BCUT2D eigenvalue weighted by Crippen LogP contribution is -2.46. The van der Waals surface area contributed by atoms with Gasteiger partial charge in [-0.05, 0) is 60.5 Å². The van der Waals surface area contributed by atoms with Gasteiger partial charge in [0.2, 0.25) is 0 Å². The molecular weight excluding hydrogens is 548 g/mol. The third kappa shape index (κ3) is 5.96. The van der Waals surface area contributed by atoms with Crippen molar-refractivity contribution in [1.82, 2.24) is 14.7 Å². The molecule has 0 radical (unpaired) electrons. The van der Waals surface area contributed by atoms with E-state index in [2.05, 4.69) is 15.2 Å². The van der Waals surface area contributed by atoms with E-state index in [1.54, 1.807) is 6.92 Å². The van der Waals surface area contributed by atoms with Gasteiger partial charge >= 0.3 is 12.4 Å². The fourth-order valence-corrected chi connectivity index (χ4v) is 5.00. The van der Waals surface area contributed by atoms with Crippen LogP contribution in [-0.2, 0) is 25.3 Å². The number of piperazine rings is 1. The highest BCUT2D eigenvalue weighted by Gasteiger charge is 2.35. The minimum Gasteiger partial charge on any atom is -0.368 e. The topological polar surface area (TPSA) is 52.9 Å². The fraction of sp³-hybridized carbons (Fsp3) is 0.310. The van der Waals surface area contributed by atoms with E-state index in [1.165, 1.54) is 28.8 Å². The molecule has 41 heavy (non-hydrogen) atoms. The third-order valence-electron chi connectivity index (χ3n) is 7.17. The summed E-state index contributed by atoms with van der Waals surface area (Å²) in [4.78, 5) is 21.4. The first-order valence-corrected chi connectivity index (χ1v) is 13.1. The number of aromatic nitrogens is 2. The number of carbonyl (C=O) groups excluding carboxylic acids is 1. The maximum atomic E-state index is 13.5. The van der Waals surface area contributed by atoms with E-state index in [1.807, 2.05) is 29.2 Å². The number of nitrogens with zero attached hydrogens (tertiary/aromatic N) is 4. The third-order valence-corrected chi connectivity index (χ3v) is 7.17. The zero-order chi connectivity index (χ0) is 29.4. The van der Waals surface area contributed by atoms with Crippen molar-refractivity contribution in [3.05, 3.63) is 94.9 Å². The molecule has 1 fully saturated rings. The first-order chi connectivity index (χ1) is 19.5. The van der Waals surface area contributed by atoms with Crippen molar-refractivity contribution in [3.63, 3.8) is 0 Å². The lowest BCUT2D eigenvalue weighted by Gasteiger charge is -2.37. The molecule has 0 saturated carbocycles. The van der Waals surface area contributed by atoms with Crippen LogP contribution in [0.4, 0.5) is 37.7 Å². The van der Waals surface area contributed by atoms with E-state index in [0.717, 1.165) is 35.1 Å². The average Bonchev–Trinajstić information content (AvgIpc) is 3.34. The molecule has 0 atom stereocenters. The van der Waals surface area contributed by atoms with E-state index in [-0.39, 0.29) is 23.6 Å². The molecule has 12 heteroatoms. The van der Waals surface area contributed by atoms with Gasteiger partial charge in [-0.15, -0.1) is 0 Å². The van der Waals surface area contributed by atoms with Gasteiger partial charge in [0.25, 0.3) is 5.91 Å². The molecule has 216 valence electrons. The molecule has 1 saturated heterocycles. The van der Waals surface area contributed by atoms with Crippen molar-refractivity contribution >= 4 is 22.9 Å². The molecule has 0 aliphatic carbocycles. The number of aryl methyl sites for hydroxylation is 1. The minimum atomic E-state index is -4.59. The summed E-state index contributed by atoms with van der Waals surface area (Å²) in [6, 6.07) is 15.0. The van der Waals surface area contributed by atoms with E-state index >= 15 is 0 Å². The molecule has 2 aromatic carbocycles. The van der Waals surface area contributed by atoms with Gasteiger partial charge in [0.1, 0.15) is 11.3 Å². The van der Waals surface area contributed by atoms with Crippen molar-refractivity contribution in [2.75, 3.05) is 36.0 Å². The van der Waals surface area contributed by atoms with E-state index in [4.69, 9.17) is 0 Å². The maximum Gasteiger partial charge on any atom is 0.419 e. The number of pyridine rings is 1. The van der Waals surface area contributed by atoms with Gasteiger partial charge in [-0.1, -0.05) is 19.1 Å². The van der Waals surface area contributed by atoms with Crippen LogP contribution in [0.1, 0.15) is 39.8 Å². The standard InChI is InChI=1S/C29H27F6N5O/c1-2-24-25(40-13-3-4-23(26(40)37-24)29(33,34)35)27(41)36-18-19-5-9-21(10-6-19)38-14-16-39(17-15-38)22-11-7-20(8-12-22)28(30,31)32/h3-13H,2,14-18H2,1H3,(H,36,41).